The summed E-state index contributed by atoms with van der Waals surface area (Å²) in [6.45, 7) is 6.17. The average Bonchev–Trinajstić information content (AvgIpc) is 2.98. The van der Waals surface area contributed by atoms with Crippen LogP contribution in [0.25, 0.3) is 0 Å². The normalized spacial score (nSPS) is 9.90. The van der Waals surface area contributed by atoms with Gasteiger partial charge in [-0.25, -0.2) is 9.59 Å². The zero-order valence-corrected chi connectivity index (χ0v) is 26.1. The molecule has 221 valence electrons. The molecule has 0 saturated carbocycles. The van der Waals surface area contributed by atoms with Crippen LogP contribution in [0.3, 0.4) is 0 Å². The van der Waals surface area contributed by atoms with Crippen LogP contribution in [0.15, 0.2) is 121 Å². The molecule has 2 aromatic heterocycles. The van der Waals surface area contributed by atoms with E-state index in [-0.39, 0.29) is 44.7 Å². The van der Waals surface area contributed by atoms with E-state index in [9.17, 15) is 9.59 Å². The zero-order valence-electron chi connectivity index (χ0n) is 23.7. The maximum atomic E-state index is 10.9. The van der Waals surface area contributed by atoms with Crippen LogP contribution < -0.4 is 0 Å². The summed E-state index contributed by atoms with van der Waals surface area (Å²) in [6, 6.07) is 34.3. The second-order valence-electron chi connectivity index (χ2n) is 8.64. The van der Waals surface area contributed by atoms with Crippen molar-refractivity contribution in [2.24, 2.45) is 0 Å². The largest absolute Gasteiger partial charge is 0.512 e. The molecule has 0 spiro atoms. The number of pyridine rings is 2. The first-order valence-electron chi connectivity index (χ1n) is 12.9. The van der Waals surface area contributed by atoms with E-state index in [0.717, 1.165) is 30.3 Å². The van der Waals surface area contributed by atoms with Crippen molar-refractivity contribution in [2.75, 3.05) is 13.2 Å². The molecule has 0 aliphatic rings. The number of hydrogen-bond donors (Lipinski definition) is 1. The molecule has 0 amide bonds. The van der Waals surface area contributed by atoms with Crippen molar-refractivity contribution >= 4 is 11.9 Å². The Morgan fingerprint density at radius 3 is 1.64 bits per heavy atom. The van der Waals surface area contributed by atoms with E-state index in [1.807, 2.05) is 85.2 Å². The summed E-state index contributed by atoms with van der Waals surface area (Å²) in [5.41, 5.74) is 4.82. The van der Waals surface area contributed by atoms with E-state index >= 15 is 0 Å². The van der Waals surface area contributed by atoms with Gasteiger partial charge in [0.2, 0.25) is 0 Å². The van der Waals surface area contributed by atoms with Gasteiger partial charge >= 0.3 is 11.9 Å². The van der Waals surface area contributed by atoms with Crippen molar-refractivity contribution in [3.05, 3.63) is 156 Å². The number of esters is 2. The molecule has 42 heavy (non-hydrogen) atoms. The summed E-state index contributed by atoms with van der Waals surface area (Å²) < 4.78 is 9.26. The predicted octanol–water partition coefficient (Wildman–Crippen LogP) is 6.05. The van der Waals surface area contributed by atoms with Crippen molar-refractivity contribution in [3.8, 4) is 0 Å². The van der Waals surface area contributed by atoms with E-state index in [1.54, 1.807) is 0 Å². The average molecular weight is 743 g/mol. The number of aliphatic hydroxyl groups is 1. The van der Waals surface area contributed by atoms with E-state index in [1.165, 1.54) is 25.0 Å². The first kappa shape index (κ1) is 35.6. The molecule has 8 heteroatoms. The topological polar surface area (TPSA) is 98.6 Å². The van der Waals surface area contributed by atoms with Gasteiger partial charge in [0.1, 0.15) is 13.2 Å². The molecule has 2 aromatic carbocycles. The minimum Gasteiger partial charge on any atom is -0.512 e. The molecule has 7 nitrogen and oxygen atoms in total. The fraction of sp³-hybridized carbons (Fsp3) is 0.176. The SMILES string of the molecule is C=C(C)C(=O)OCCOC(=O)/C=C(/C)O.[Ir].[c-]1ccccc1Cc1ccccn1.[c-]1ccccc1Cc1ccccn1. The molecule has 0 bridgehead atoms. The number of allylic oxidation sites excluding steroid dienone is 1. The molecule has 2 heterocycles. The van der Waals surface area contributed by atoms with Gasteiger partial charge in [0.15, 0.2) is 0 Å². The Hall–Kier alpha value is -4.39. The molecule has 0 fully saturated rings. The Morgan fingerprint density at radius 1 is 0.786 bits per heavy atom. The summed E-state index contributed by atoms with van der Waals surface area (Å²) in [7, 11) is 0. The number of ether oxygens (including phenoxy) is 2. The minimum atomic E-state index is -0.679. The Balaban J connectivity index is 0.000000312. The molecule has 0 unspecified atom stereocenters. The third kappa shape index (κ3) is 16.7. The molecule has 0 aliphatic carbocycles. The Morgan fingerprint density at radius 2 is 1.26 bits per heavy atom. The van der Waals surface area contributed by atoms with Crippen LogP contribution in [0.5, 0.6) is 0 Å². The van der Waals surface area contributed by atoms with Crippen LogP contribution >= 0.6 is 0 Å². The molecule has 1 N–H and O–H groups in total. The fourth-order valence-electron chi connectivity index (χ4n) is 3.09. The second kappa shape index (κ2) is 21.4. The van der Waals surface area contributed by atoms with E-state index < -0.39 is 11.9 Å². The van der Waals surface area contributed by atoms with Crippen molar-refractivity contribution in [3.63, 3.8) is 0 Å². The van der Waals surface area contributed by atoms with Gasteiger partial charge in [-0.05, 0) is 51.0 Å². The Labute approximate surface area is 261 Å². The summed E-state index contributed by atoms with van der Waals surface area (Å²) >= 11 is 0. The van der Waals surface area contributed by atoms with Gasteiger partial charge in [0.25, 0.3) is 0 Å². The molecule has 4 rings (SSSR count). The third-order valence-corrected chi connectivity index (χ3v) is 4.98. The van der Waals surface area contributed by atoms with Crippen LogP contribution in [0.4, 0.5) is 0 Å². The van der Waals surface area contributed by atoms with Gasteiger partial charge < -0.3 is 14.6 Å². The second-order valence-corrected chi connectivity index (χ2v) is 8.64. The first-order chi connectivity index (χ1) is 19.8. The number of carbonyl (C=O) groups excluding carboxylic acids is 2. The molecular formula is C34H34IrN2O5-2. The molecule has 1 radical (unpaired) electrons. The van der Waals surface area contributed by atoms with Crippen molar-refractivity contribution < 1.29 is 44.3 Å². The minimum absolute atomic E-state index is 0. The summed E-state index contributed by atoms with van der Waals surface area (Å²) in [5.74, 6) is -1.35. The summed E-state index contributed by atoms with van der Waals surface area (Å²) in [6.07, 6.45) is 6.29. The number of hydrogen-bond acceptors (Lipinski definition) is 7. The van der Waals surface area contributed by atoms with Gasteiger partial charge in [-0.15, -0.1) is 0 Å². The standard InChI is InChI=1S/2C12H10N.C10H14O5.Ir/c2*1-2-6-11(7-3-1)10-12-8-4-5-9-13-12;1-7(2)10(13)15-5-4-14-9(12)6-8(3)11;/h2*1-6,8-9H,10H2;6,11H,1,4-5H2,2-3H3;/q2*-1;;/b;;8-6-;. The van der Waals surface area contributed by atoms with Crippen LogP contribution in [0.2, 0.25) is 0 Å². The number of rotatable bonds is 9. The summed E-state index contributed by atoms with van der Waals surface area (Å²) in [4.78, 5) is 30.2. The smallest absolute Gasteiger partial charge is 0.334 e. The molecule has 0 saturated heterocycles. The van der Waals surface area contributed by atoms with Gasteiger partial charge in [-0.1, -0.05) is 18.7 Å². The van der Waals surface area contributed by atoms with E-state index in [2.05, 4.69) is 50.3 Å². The number of nitrogens with zero attached hydrogens (tertiary/aromatic N) is 2. The molecule has 0 atom stereocenters. The predicted molar refractivity (Wildman–Crippen MR) is 158 cm³/mol. The van der Waals surface area contributed by atoms with Crippen molar-refractivity contribution in [2.45, 2.75) is 26.7 Å². The Bertz CT molecular complexity index is 1190. The third-order valence-electron chi connectivity index (χ3n) is 4.98. The van der Waals surface area contributed by atoms with E-state index in [0.29, 0.717) is 0 Å². The maximum absolute atomic E-state index is 10.9. The molecule has 4 aromatic rings. The van der Waals surface area contributed by atoms with Crippen LogP contribution in [0.1, 0.15) is 36.4 Å². The maximum Gasteiger partial charge on any atom is 0.334 e. The van der Waals surface area contributed by atoms with E-state index in [4.69, 9.17) is 5.11 Å². The van der Waals surface area contributed by atoms with Crippen molar-refractivity contribution in [1.29, 1.82) is 0 Å². The monoisotopic (exact) mass is 743 g/mol. The van der Waals surface area contributed by atoms with Crippen LogP contribution in [0, 0.1) is 12.1 Å². The number of aromatic nitrogens is 2. The summed E-state index contributed by atoms with van der Waals surface area (Å²) in [5, 5.41) is 8.70. The van der Waals surface area contributed by atoms with Gasteiger partial charge in [-0.2, -0.15) is 71.8 Å². The first-order valence-corrected chi connectivity index (χ1v) is 12.9. The van der Waals surface area contributed by atoms with Gasteiger partial charge in [0.05, 0.1) is 11.8 Å². The fourth-order valence-corrected chi connectivity index (χ4v) is 3.09. The number of benzene rings is 2. The molecule has 0 aliphatic heterocycles. The van der Waals surface area contributed by atoms with Gasteiger partial charge in [-0.3, -0.25) is 9.97 Å². The Kier molecular flexibility index (Phi) is 18.1. The van der Waals surface area contributed by atoms with Gasteiger partial charge in [0, 0.05) is 49.5 Å². The zero-order chi connectivity index (χ0) is 29.7. The molecular weight excluding hydrogens is 709 g/mol. The number of aliphatic hydroxyl groups excluding tert-OH is 1. The van der Waals surface area contributed by atoms with Crippen LogP contribution in [-0.4, -0.2) is 40.2 Å². The van der Waals surface area contributed by atoms with Crippen LogP contribution in [-0.2, 0) is 52.0 Å². The van der Waals surface area contributed by atoms with Crippen molar-refractivity contribution in [1.82, 2.24) is 9.97 Å². The quantitative estimate of drug-likeness (QED) is 0.0733. The number of carbonyl (C=O) groups is 2.